The van der Waals surface area contributed by atoms with E-state index < -0.39 is 0 Å². The smallest absolute Gasteiger partial charge is 0.227 e. The number of oxazole rings is 1. The minimum Gasteiger partial charge on any atom is -0.440 e. The molecule has 4 rings (SSSR count). The Hall–Kier alpha value is -1.59. The number of likely N-dealkylation sites (tertiary alicyclic amines) is 1. The van der Waals surface area contributed by atoms with Crippen molar-refractivity contribution in [2.75, 3.05) is 13.1 Å². The van der Waals surface area contributed by atoms with E-state index in [-0.39, 0.29) is 23.3 Å². The molecule has 5 nitrogen and oxygen atoms in total. The molecule has 140 valence electrons. The number of amides is 1. The molecule has 1 aliphatic carbocycles. The van der Waals surface area contributed by atoms with E-state index in [4.69, 9.17) is 21.8 Å². The molecule has 2 atom stereocenters. The Morgan fingerprint density at radius 3 is 2.81 bits per heavy atom. The normalized spacial score (nSPS) is 27.8. The zero-order chi connectivity index (χ0) is 18.3. The molecule has 1 amide bonds. The highest BCUT2D eigenvalue weighted by molar-refractivity contribution is 6.31. The molecule has 1 aromatic heterocycles. The van der Waals surface area contributed by atoms with Gasteiger partial charge in [0.2, 0.25) is 5.91 Å². The first-order valence-corrected chi connectivity index (χ1v) is 9.95. The summed E-state index contributed by atoms with van der Waals surface area (Å²) in [6, 6.07) is 5.50. The lowest BCUT2D eigenvalue weighted by Crippen LogP contribution is -2.54. The highest BCUT2D eigenvalue weighted by Crippen LogP contribution is 2.35. The van der Waals surface area contributed by atoms with Crippen molar-refractivity contribution in [1.29, 1.82) is 0 Å². The van der Waals surface area contributed by atoms with Gasteiger partial charge in [0.1, 0.15) is 5.52 Å². The molecule has 2 N–H and O–H groups in total. The van der Waals surface area contributed by atoms with Gasteiger partial charge >= 0.3 is 0 Å². The van der Waals surface area contributed by atoms with Gasteiger partial charge < -0.3 is 15.1 Å². The Labute approximate surface area is 158 Å². The third kappa shape index (κ3) is 3.35. The van der Waals surface area contributed by atoms with E-state index in [9.17, 15) is 4.79 Å². The van der Waals surface area contributed by atoms with Crippen molar-refractivity contribution in [3.63, 3.8) is 0 Å². The van der Waals surface area contributed by atoms with Crippen LogP contribution in [0.5, 0.6) is 0 Å². The van der Waals surface area contributed by atoms with Gasteiger partial charge in [-0.1, -0.05) is 24.4 Å². The molecule has 1 aliphatic heterocycles. The maximum absolute atomic E-state index is 13.0. The van der Waals surface area contributed by atoms with Crippen LogP contribution in [0.1, 0.15) is 57.3 Å². The van der Waals surface area contributed by atoms with E-state index in [0.29, 0.717) is 5.02 Å². The van der Waals surface area contributed by atoms with Crippen molar-refractivity contribution < 1.29 is 9.21 Å². The molecule has 0 bridgehead atoms. The lowest BCUT2D eigenvalue weighted by atomic mass is 9.73. The van der Waals surface area contributed by atoms with Crippen LogP contribution < -0.4 is 5.73 Å². The topological polar surface area (TPSA) is 72.4 Å². The summed E-state index contributed by atoms with van der Waals surface area (Å²) in [5.41, 5.74) is 7.62. The van der Waals surface area contributed by atoms with E-state index in [1.165, 1.54) is 0 Å². The number of aromatic nitrogens is 1. The summed E-state index contributed by atoms with van der Waals surface area (Å²) in [4.78, 5) is 19.6. The van der Waals surface area contributed by atoms with Gasteiger partial charge in [0.25, 0.3) is 0 Å². The van der Waals surface area contributed by atoms with Crippen LogP contribution in [0, 0.1) is 5.92 Å². The largest absolute Gasteiger partial charge is 0.440 e. The minimum absolute atomic E-state index is 0.0423. The molecule has 2 fully saturated rings. The van der Waals surface area contributed by atoms with Crippen LogP contribution in [-0.4, -0.2) is 34.4 Å². The predicted octanol–water partition coefficient (Wildman–Crippen LogP) is 4.09. The second-order valence-electron chi connectivity index (χ2n) is 8.07. The summed E-state index contributed by atoms with van der Waals surface area (Å²) in [6.07, 6.45) is 5.83. The Bertz CT molecular complexity index is 808. The predicted molar refractivity (Wildman–Crippen MR) is 102 cm³/mol. The molecule has 2 aromatic rings. The van der Waals surface area contributed by atoms with Gasteiger partial charge in [-0.2, -0.15) is 0 Å². The third-order valence-corrected chi connectivity index (χ3v) is 6.31. The average Bonchev–Trinajstić information content (AvgIpc) is 3.04. The number of hydrogen-bond acceptors (Lipinski definition) is 4. The molecule has 2 unspecified atom stereocenters. The van der Waals surface area contributed by atoms with Crippen LogP contribution in [0.2, 0.25) is 5.02 Å². The maximum Gasteiger partial charge on any atom is 0.227 e. The van der Waals surface area contributed by atoms with Crippen LogP contribution in [-0.2, 0) is 4.79 Å². The molecule has 26 heavy (non-hydrogen) atoms. The van der Waals surface area contributed by atoms with E-state index in [2.05, 4.69) is 4.98 Å². The fraction of sp³-hybridized carbons (Fsp3) is 0.600. The fourth-order valence-electron chi connectivity index (χ4n) is 4.42. The van der Waals surface area contributed by atoms with Crippen molar-refractivity contribution in [2.24, 2.45) is 11.7 Å². The van der Waals surface area contributed by atoms with E-state index in [1.807, 2.05) is 30.0 Å². The molecule has 2 aliphatic rings. The van der Waals surface area contributed by atoms with Crippen molar-refractivity contribution in [3.8, 4) is 0 Å². The number of carbonyl (C=O) groups is 1. The number of rotatable bonds is 2. The monoisotopic (exact) mass is 375 g/mol. The molecule has 1 aromatic carbocycles. The molecular weight excluding hydrogens is 350 g/mol. The zero-order valence-electron chi connectivity index (χ0n) is 15.2. The number of piperidine rings is 1. The molecule has 0 spiro atoms. The summed E-state index contributed by atoms with van der Waals surface area (Å²) >= 11 is 6.03. The highest BCUT2D eigenvalue weighted by Gasteiger charge is 2.40. The first-order valence-electron chi connectivity index (χ1n) is 9.58. The first kappa shape index (κ1) is 17.8. The van der Waals surface area contributed by atoms with E-state index in [1.54, 1.807) is 0 Å². The fourth-order valence-corrected chi connectivity index (χ4v) is 4.59. The van der Waals surface area contributed by atoms with Gasteiger partial charge in [0, 0.05) is 29.6 Å². The van der Waals surface area contributed by atoms with E-state index >= 15 is 0 Å². The second kappa shape index (κ2) is 6.86. The summed E-state index contributed by atoms with van der Waals surface area (Å²) in [6.45, 7) is 3.52. The Morgan fingerprint density at radius 1 is 1.31 bits per heavy atom. The quantitative estimate of drug-likeness (QED) is 0.857. The molecular formula is C20H26ClN3O2. The van der Waals surface area contributed by atoms with Crippen molar-refractivity contribution in [3.05, 3.63) is 29.1 Å². The van der Waals surface area contributed by atoms with Crippen LogP contribution in [0.15, 0.2) is 22.6 Å². The maximum atomic E-state index is 13.0. The average molecular weight is 376 g/mol. The Balaban J connectivity index is 1.42. The minimum atomic E-state index is -0.369. The molecule has 1 saturated carbocycles. The van der Waals surface area contributed by atoms with Gasteiger partial charge in [0.05, 0.1) is 5.92 Å². The summed E-state index contributed by atoms with van der Waals surface area (Å²) in [5, 5.41) is 0.662. The molecule has 1 saturated heterocycles. The number of benzene rings is 1. The SMILES string of the molecule is CC1(N)CCCCC1C(=O)N1CCC(c2nc3cc(Cl)ccc3o2)CC1. The molecule has 6 heteroatoms. The Morgan fingerprint density at radius 2 is 2.08 bits per heavy atom. The molecule has 2 heterocycles. The van der Waals surface area contributed by atoms with Crippen LogP contribution in [0.4, 0.5) is 0 Å². The van der Waals surface area contributed by atoms with Crippen LogP contribution in [0.3, 0.4) is 0 Å². The number of carbonyl (C=O) groups excluding carboxylic acids is 1. The number of halogens is 1. The zero-order valence-corrected chi connectivity index (χ0v) is 16.0. The molecule has 0 radical (unpaired) electrons. The standard InChI is InChI=1S/C20H26ClN3O2/c1-20(22)9-3-2-4-15(20)19(25)24-10-7-13(8-11-24)18-23-16-12-14(21)5-6-17(16)26-18/h5-6,12-13,15H,2-4,7-11,22H2,1H3. The summed E-state index contributed by atoms with van der Waals surface area (Å²) in [7, 11) is 0. The van der Waals surface area contributed by atoms with Gasteiger partial charge in [-0.25, -0.2) is 4.98 Å². The van der Waals surface area contributed by atoms with Gasteiger partial charge in [-0.05, 0) is 50.8 Å². The van der Waals surface area contributed by atoms with E-state index in [0.717, 1.165) is 68.6 Å². The van der Waals surface area contributed by atoms with Crippen molar-refractivity contribution >= 4 is 28.6 Å². The number of nitrogens with zero attached hydrogens (tertiary/aromatic N) is 2. The summed E-state index contributed by atoms with van der Waals surface area (Å²) in [5.74, 6) is 1.20. The lowest BCUT2D eigenvalue weighted by molar-refractivity contribution is -0.140. The van der Waals surface area contributed by atoms with Crippen LogP contribution >= 0.6 is 11.6 Å². The second-order valence-corrected chi connectivity index (χ2v) is 8.50. The summed E-state index contributed by atoms with van der Waals surface area (Å²) < 4.78 is 5.91. The van der Waals surface area contributed by atoms with Gasteiger partial charge in [-0.15, -0.1) is 0 Å². The van der Waals surface area contributed by atoms with Crippen LogP contribution in [0.25, 0.3) is 11.1 Å². The van der Waals surface area contributed by atoms with Gasteiger partial charge in [-0.3, -0.25) is 4.79 Å². The first-order chi connectivity index (χ1) is 12.4. The Kier molecular flexibility index (Phi) is 4.70. The van der Waals surface area contributed by atoms with Gasteiger partial charge in [0.15, 0.2) is 11.5 Å². The van der Waals surface area contributed by atoms with Crippen molar-refractivity contribution in [2.45, 2.75) is 56.9 Å². The number of nitrogens with two attached hydrogens (primary N) is 1. The van der Waals surface area contributed by atoms with Crippen molar-refractivity contribution in [1.82, 2.24) is 9.88 Å². The highest BCUT2D eigenvalue weighted by atomic mass is 35.5. The number of fused-ring (bicyclic) bond motifs is 1. The third-order valence-electron chi connectivity index (χ3n) is 6.07. The number of hydrogen-bond donors (Lipinski definition) is 1. The lowest BCUT2D eigenvalue weighted by Gasteiger charge is -2.41.